The van der Waals surface area contributed by atoms with Crippen LogP contribution >= 0.6 is 0 Å². The molecular weight excluding hydrogens is 307 g/mol. The van der Waals surface area contributed by atoms with Crippen LogP contribution in [0.2, 0.25) is 0 Å². The van der Waals surface area contributed by atoms with Crippen molar-refractivity contribution in [1.29, 1.82) is 0 Å². The molecule has 3 heteroatoms. The maximum Gasteiger partial charge on any atom is 0.495 e. The first-order valence-electron chi connectivity index (χ1n) is 9.21. The molecule has 1 saturated heterocycles. The van der Waals surface area contributed by atoms with Crippen LogP contribution in [0.4, 0.5) is 0 Å². The summed E-state index contributed by atoms with van der Waals surface area (Å²) in [5.41, 5.74) is 8.87. The molecule has 0 aromatic heterocycles. The molecule has 0 N–H and O–H groups in total. The SMILES string of the molecule is CC1(C)OB(c2ccc3c4c2CCC=C4c2ccccc2-3)OC1(C)C. The van der Waals surface area contributed by atoms with Crippen molar-refractivity contribution in [2.45, 2.75) is 51.7 Å². The minimum atomic E-state index is -0.306. The topological polar surface area (TPSA) is 18.5 Å². The zero-order valence-corrected chi connectivity index (χ0v) is 15.3. The molecule has 2 aromatic carbocycles. The van der Waals surface area contributed by atoms with Gasteiger partial charge < -0.3 is 9.31 Å². The normalized spacial score (nSPS) is 21.8. The summed E-state index contributed by atoms with van der Waals surface area (Å²) in [6.07, 6.45) is 4.53. The Bertz CT molecular complexity index is 908. The van der Waals surface area contributed by atoms with Crippen molar-refractivity contribution in [3.63, 3.8) is 0 Å². The van der Waals surface area contributed by atoms with E-state index in [-0.39, 0.29) is 18.3 Å². The van der Waals surface area contributed by atoms with E-state index in [1.807, 2.05) is 0 Å². The highest BCUT2D eigenvalue weighted by Crippen LogP contribution is 2.48. The lowest BCUT2D eigenvalue weighted by Gasteiger charge is -2.32. The fraction of sp³-hybridized carbons (Fsp3) is 0.364. The van der Waals surface area contributed by atoms with E-state index in [0.717, 1.165) is 12.8 Å². The van der Waals surface area contributed by atoms with E-state index >= 15 is 0 Å². The van der Waals surface area contributed by atoms with Crippen LogP contribution < -0.4 is 5.46 Å². The summed E-state index contributed by atoms with van der Waals surface area (Å²) >= 11 is 0. The Balaban J connectivity index is 1.67. The molecule has 0 unspecified atom stereocenters. The molecule has 2 aromatic rings. The van der Waals surface area contributed by atoms with E-state index < -0.39 is 0 Å². The lowest BCUT2D eigenvalue weighted by molar-refractivity contribution is 0.00578. The second kappa shape index (κ2) is 4.87. The Morgan fingerprint density at radius 3 is 2.24 bits per heavy atom. The lowest BCUT2D eigenvalue weighted by atomic mass is 9.71. The average molecular weight is 330 g/mol. The summed E-state index contributed by atoms with van der Waals surface area (Å²) in [6, 6.07) is 13.2. The van der Waals surface area contributed by atoms with Crippen LogP contribution in [0.5, 0.6) is 0 Å². The summed E-state index contributed by atoms with van der Waals surface area (Å²) in [5.74, 6) is 0. The monoisotopic (exact) mass is 330 g/mol. The highest BCUT2D eigenvalue weighted by Gasteiger charge is 2.52. The standard InChI is InChI=1S/C22H23BO2/c1-21(2)22(3,4)25-23(24-21)19-13-12-17-15-9-6-5-8-14(15)16-10-7-11-18(19)20(16)17/h5-6,8-10,12-13H,7,11H2,1-4H3. The third-order valence-electron chi connectivity index (χ3n) is 6.38. The quantitative estimate of drug-likeness (QED) is 0.618. The van der Waals surface area contributed by atoms with E-state index in [1.165, 1.54) is 38.9 Å². The molecule has 2 aliphatic carbocycles. The summed E-state index contributed by atoms with van der Waals surface area (Å²) in [4.78, 5) is 0. The number of rotatable bonds is 1. The van der Waals surface area contributed by atoms with Crippen LogP contribution in [-0.2, 0) is 15.7 Å². The predicted octanol–water partition coefficient (Wildman–Crippen LogP) is 4.34. The van der Waals surface area contributed by atoms with Gasteiger partial charge in [0.15, 0.2) is 0 Å². The van der Waals surface area contributed by atoms with Gasteiger partial charge >= 0.3 is 7.12 Å². The van der Waals surface area contributed by atoms with Gasteiger partial charge in [-0.25, -0.2) is 0 Å². The Hall–Kier alpha value is -1.84. The second-order valence-electron chi connectivity index (χ2n) is 8.35. The number of hydrogen-bond donors (Lipinski definition) is 0. The maximum absolute atomic E-state index is 6.35. The highest BCUT2D eigenvalue weighted by atomic mass is 16.7. The molecular formula is C22H23BO2. The van der Waals surface area contributed by atoms with Gasteiger partial charge in [0.25, 0.3) is 0 Å². The molecule has 126 valence electrons. The molecule has 2 nitrogen and oxygen atoms in total. The van der Waals surface area contributed by atoms with Gasteiger partial charge in [0, 0.05) is 0 Å². The van der Waals surface area contributed by atoms with Gasteiger partial charge in [-0.1, -0.05) is 42.5 Å². The Morgan fingerprint density at radius 2 is 1.52 bits per heavy atom. The van der Waals surface area contributed by atoms with Crippen LogP contribution in [-0.4, -0.2) is 18.3 Å². The summed E-state index contributed by atoms with van der Waals surface area (Å²) < 4.78 is 12.7. The first-order valence-corrected chi connectivity index (χ1v) is 9.21. The molecule has 1 aliphatic heterocycles. The minimum Gasteiger partial charge on any atom is -0.399 e. The zero-order chi connectivity index (χ0) is 17.4. The molecule has 0 bridgehead atoms. The van der Waals surface area contributed by atoms with Crippen LogP contribution in [0.25, 0.3) is 16.7 Å². The van der Waals surface area contributed by atoms with Gasteiger partial charge in [-0.15, -0.1) is 0 Å². The zero-order valence-electron chi connectivity index (χ0n) is 15.3. The number of hydrogen-bond acceptors (Lipinski definition) is 2. The second-order valence-corrected chi connectivity index (χ2v) is 8.35. The van der Waals surface area contributed by atoms with Crippen molar-refractivity contribution in [3.8, 4) is 11.1 Å². The molecule has 0 amide bonds. The molecule has 0 atom stereocenters. The number of fused-ring (bicyclic) bond motifs is 3. The summed E-state index contributed by atoms with van der Waals surface area (Å²) in [7, 11) is -0.284. The van der Waals surface area contributed by atoms with Crippen molar-refractivity contribution in [2.24, 2.45) is 0 Å². The van der Waals surface area contributed by atoms with E-state index in [0.29, 0.717) is 0 Å². The van der Waals surface area contributed by atoms with Crippen molar-refractivity contribution in [3.05, 3.63) is 59.2 Å². The third kappa shape index (κ3) is 2.00. The van der Waals surface area contributed by atoms with Crippen molar-refractivity contribution < 1.29 is 9.31 Å². The van der Waals surface area contributed by atoms with Crippen LogP contribution in [0.15, 0.2) is 42.5 Å². The number of allylic oxidation sites excluding steroid dienone is 1. The van der Waals surface area contributed by atoms with E-state index in [2.05, 4.69) is 70.2 Å². The predicted molar refractivity (Wildman–Crippen MR) is 103 cm³/mol. The molecule has 0 spiro atoms. The third-order valence-corrected chi connectivity index (χ3v) is 6.38. The molecule has 5 rings (SSSR count). The van der Waals surface area contributed by atoms with Gasteiger partial charge in [0.05, 0.1) is 11.2 Å². The Labute approximate surface area is 150 Å². The van der Waals surface area contributed by atoms with Crippen molar-refractivity contribution in [2.75, 3.05) is 0 Å². The maximum atomic E-state index is 6.35. The van der Waals surface area contributed by atoms with E-state index in [1.54, 1.807) is 0 Å². The smallest absolute Gasteiger partial charge is 0.399 e. The summed E-state index contributed by atoms with van der Waals surface area (Å²) in [5, 5.41) is 0. The van der Waals surface area contributed by atoms with E-state index in [9.17, 15) is 0 Å². The van der Waals surface area contributed by atoms with Crippen LogP contribution in [0, 0.1) is 0 Å². The minimum absolute atomic E-state index is 0.284. The summed E-state index contributed by atoms with van der Waals surface area (Å²) in [6.45, 7) is 8.47. The first-order chi connectivity index (χ1) is 11.9. The Kier molecular flexibility index (Phi) is 3.00. The van der Waals surface area contributed by atoms with Crippen molar-refractivity contribution in [1.82, 2.24) is 0 Å². The molecule has 1 fully saturated rings. The molecule has 25 heavy (non-hydrogen) atoms. The van der Waals surface area contributed by atoms with Gasteiger partial charge in [-0.05, 0) is 79.4 Å². The fourth-order valence-electron chi connectivity index (χ4n) is 4.32. The van der Waals surface area contributed by atoms with Crippen molar-refractivity contribution >= 4 is 18.2 Å². The number of benzene rings is 2. The molecule has 0 saturated carbocycles. The largest absolute Gasteiger partial charge is 0.495 e. The molecule has 1 heterocycles. The van der Waals surface area contributed by atoms with Gasteiger partial charge in [-0.3, -0.25) is 0 Å². The average Bonchev–Trinajstić information content (AvgIpc) is 3.01. The van der Waals surface area contributed by atoms with E-state index in [4.69, 9.17) is 9.31 Å². The molecule has 0 radical (unpaired) electrons. The van der Waals surface area contributed by atoms with Gasteiger partial charge in [0.1, 0.15) is 0 Å². The first kappa shape index (κ1) is 15.4. The fourth-order valence-corrected chi connectivity index (χ4v) is 4.32. The highest BCUT2D eigenvalue weighted by molar-refractivity contribution is 6.62. The molecule has 3 aliphatic rings. The van der Waals surface area contributed by atoms with Crippen LogP contribution in [0.3, 0.4) is 0 Å². The lowest BCUT2D eigenvalue weighted by Crippen LogP contribution is -2.41. The van der Waals surface area contributed by atoms with Gasteiger partial charge in [-0.2, -0.15) is 0 Å². The Morgan fingerprint density at radius 1 is 0.840 bits per heavy atom. The van der Waals surface area contributed by atoms with Gasteiger partial charge in [0.2, 0.25) is 0 Å². The van der Waals surface area contributed by atoms with Crippen LogP contribution in [0.1, 0.15) is 50.8 Å².